The number of carbonyl (C=O) groups is 3. The van der Waals surface area contributed by atoms with Crippen molar-refractivity contribution in [2.45, 2.75) is 0 Å². The van der Waals surface area contributed by atoms with Gasteiger partial charge in [0.05, 0.1) is 11.1 Å². The van der Waals surface area contributed by atoms with Crippen molar-refractivity contribution >= 4 is 50.1 Å². The van der Waals surface area contributed by atoms with E-state index in [2.05, 4.69) is 21.2 Å². The van der Waals surface area contributed by atoms with E-state index in [1.807, 2.05) is 0 Å². The number of hydrogen-bond acceptors (Lipinski definition) is 5. The van der Waals surface area contributed by atoms with E-state index in [0.717, 1.165) is 15.8 Å². The summed E-state index contributed by atoms with van der Waals surface area (Å²) < 4.78 is 5.64. The molecule has 0 saturated carbocycles. The highest BCUT2D eigenvalue weighted by molar-refractivity contribution is 9.10. The van der Waals surface area contributed by atoms with Crippen molar-refractivity contribution in [3.8, 4) is 0 Å². The number of nitrogens with two attached hydrogens (primary N) is 1. The smallest absolute Gasteiger partial charge is 0.338 e. The molecule has 1 aromatic carbocycles. The molecule has 0 atom stereocenters. The number of carbonyl (C=O) groups excluding carboxylic acids is 3. The predicted molar refractivity (Wildman–Crippen MR) is 85.9 cm³/mol. The first-order valence-electron chi connectivity index (χ1n) is 6.07. The van der Waals surface area contributed by atoms with Crippen LogP contribution in [0.15, 0.2) is 40.2 Å². The number of benzene rings is 1. The number of esters is 1. The van der Waals surface area contributed by atoms with Crippen LogP contribution in [0, 0.1) is 0 Å². The molecule has 1 heterocycles. The maximum Gasteiger partial charge on any atom is 0.338 e. The second-order valence-corrected chi connectivity index (χ2v) is 5.99. The molecular formula is C14H11BrN2O4S. The number of primary amides is 1. The van der Waals surface area contributed by atoms with Gasteiger partial charge in [-0.05, 0) is 29.6 Å². The van der Waals surface area contributed by atoms with Crippen LogP contribution in [0.25, 0.3) is 0 Å². The summed E-state index contributed by atoms with van der Waals surface area (Å²) >= 11 is 4.40. The molecule has 0 unspecified atom stereocenters. The van der Waals surface area contributed by atoms with Gasteiger partial charge in [0.25, 0.3) is 11.8 Å². The van der Waals surface area contributed by atoms with E-state index >= 15 is 0 Å². The zero-order valence-electron chi connectivity index (χ0n) is 11.2. The number of rotatable bonds is 5. The third-order valence-electron chi connectivity index (χ3n) is 2.58. The van der Waals surface area contributed by atoms with Crippen molar-refractivity contribution in [2.24, 2.45) is 5.73 Å². The van der Waals surface area contributed by atoms with Crippen molar-refractivity contribution in [3.63, 3.8) is 0 Å². The summed E-state index contributed by atoms with van der Waals surface area (Å²) in [6.45, 7) is -0.457. The Morgan fingerprint density at radius 3 is 2.73 bits per heavy atom. The number of nitrogens with one attached hydrogen (secondary N) is 1. The van der Waals surface area contributed by atoms with Gasteiger partial charge in [-0.25, -0.2) is 4.79 Å². The average molecular weight is 383 g/mol. The minimum absolute atomic E-state index is 0.219. The number of halogens is 1. The number of ether oxygens (including phenoxy) is 1. The van der Waals surface area contributed by atoms with Crippen molar-refractivity contribution in [1.29, 1.82) is 0 Å². The second-order valence-electron chi connectivity index (χ2n) is 4.16. The summed E-state index contributed by atoms with van der Waals surface area (Å²) in [6, 6.07) is 8.13. The summed E-state index contributed by atoms with van der Waals surface area (Å²) in [5, 5.41) is 4.44. The molecule has 8 heteroatoms. The summed E-state index contributed by atoms with van der Waals surface area (Å²) in [5.41, 5.74) is 5.72. The number of thiophene rings is 1. The Morgan fingerprint density at radius 2 is 2.05 bits per heavy atom. The molecule has 2 aromatic rings. The van der Waals surface area contributed by atoms with Gasteiger partial charge in [0.15, 0.2) is 6.61 Å². The third-order valence-corrected chi connectivity index (χ3v) is 3.90. The molecular weight excluding hydrogens is 372 g/mol. The SMILES string of the molecule is NC(=O)c1ccsc1NC(=O)COC(=O)c1cccc(Br)c1. The van der Waals surface area contributed by atoms with E-state index in [1.54, 1.807) is 29.6 Å². The minimum atomic E-state index is -0.636. The van der Waals surface area contributed by atoms with Gasteiger partial charge in [-0.2, -0.15) is 0 Å². The number of amides is 2. The van der Waals surface area contributed by atoms with E-state index in [1.165, 1.54) is 6.07 Å². The van der Waals surface area contributed by atoms with Crippen LogP contribution in [0.5, 0.6) is 0 Å². The Kier molecular flexibility index (Phi) is 5.29. The van der Waals surface area contributed by atoms with Gasteiger partial charge >= 0.3 is 5.97 Å². The second kappa shape index (κ2) is 7.19. The Bertz CT molecular complexity index is 729. The molecule has 0 aliphatic rings. The van der Waals surface area contributed by atoms with Gasteiger partial charge in [-0.15, -0.1) is 11.3 Å². The lowest BCUT2D eigenvalue weighted by Gasteiger charge is -2.06. The van der Waals surface area contributed by atoms with Gasteiger partial charge in [0.1, 0.15) is 5.00 Å². The molecule has 6 nitrogen and oxygen atoms in total. The molecule has 0 saturated heterocycles. The molecule has 114 valence electrons. The van der Waals surface area contributed by atoms with Gasteiger partial charge in [0.2, 0.25) is 0 Å². The molecule has 2 rings (SSSR count). The Morgan fingerprint density at radius 1 is 1.27 bits per heavy atom. The monoisotopic (exact) mass is 382 g/mol. The maximum absolute atomic E-state index is 11.8. The van der Waals surface area contributed by atoms with E-state index in [-0.39, 0.29) is 5.56 Å². The molecule has 3 N–H and O–H groups in total. The van der Waals surface area contributed by atoms with E-state index in [4.69, 9.17) is 10.5 Å². The quantitative estimate of drug-likeness (QED) is 0.775. The van der Waals surface area contributed by atoms with Crippen molar-refractivity contribution in [3.05, 3.63) is 51.3 Å². The molecule has 2 amide bonds. The summed E-state index contributed by atoms with van der Waals surface area (Å²) in [7, 11) is 0. The fraction of sp³-hybridized carbons (Fsp3) is 0.0714. The first-order chi connectivity index (χ1) is 10.5. The molecule has 0 bridgehead atoms. The largest absolute Gasteiger partial charge is 0.452 e. The lowest BCUT2D eigenvalue weighted by molar-refractivity contribution is -0.119. The first kappa shape index (κ1) is 16.2. The average Bonchev–Trinajstić information content (AvgIpc) is 2.93. The molecule has 1 aromatic heterocycles. The van der Waals surface area contributed by atoms with E-state index in [0.29, 0.717) is 10.6 Å². The summed E-state index contributed by atoms with van der Waals surface area (Å²) in [4.78, 5) is 34.7. The normalized spacial score (nSPS) is 10.0. The molecule has 22 heavy (non-hydrogen) atoms. The molecule has 0 aliphatic heterocycles. The van der Waals surface area contributed by atoms with Crippen LogP contribution in [0.1, 0.15) is 20.7 Å². The van der Waals surface area contributed by atoms with Crippen LogP contribution in [0.2, 0.25) is 0 Å². The van der Waals surface area contributed by atoms with Crippen LogP contribution in [-0.4, -0.2) is 24.4 Å². The predicted octanol–water partition coefficient (Wildman–Crippen LogP) is 2.41. The van der Waals surface area contributed by atoms with E-state index in [9.17, 15) is 14.4 Å². The minimum Gasteiger partial charge on any atom is -0.452 e. The fourth-order valence-corrected chi connectivity index (χ4v) is 2.80. The molecule has 0 spiro atoms. The highest BCUT2D eigenvalue weighted by atomic mass is 79.9. The van der Waals surface area contributed by atoms with Gasteiger partial charge < -0.3 is 15.8 Å². The lowest BCUT2D eigenvalue weighted by atomic mass is 10.2. The third kappa shape index (κ3) is 4.15. The van der Waals surface area contributed by atoms with E-state index < -0.39 is 24.4 Å². The van der Waals surface area contributed by atoms with Crippen molar-refractivity contribution in [2.75, 3.05) is 11.9 Å². The lowest BCUT2D eigenvalue weighted by Crippen LogP contribution is -2.22. The van der Waals surface area contributed by atoms with Crippen molar-refractivity contribution < 1.29 is 19.1 Å². The van der Waals surface area contributed by atoms with Gasteiger partial charge in [0, 0.05) is 4.47 Å². The number of anilines is 1. The highest BCUT2D eigenvalue weighted by Gasteiger charge is 2.14. The van der Waals surface area contributed by atoms with Crippen LogP contribution >= 0.6 is 27.3 Å². The Hall–Kier alpha value is -2.19. The van der Waals surface area contributed by atoms with Gasteiger partial charge in [-0.3, -0.25) is 9.59 Å². The zero-order valence-corrected chi connectivity index (χ0v) is 13.6. The maximum atomic E-state index is 11.8. The van der Waals surface area contributed by atoms with Crippen LogP contribution in [-0.2, 0) is 9.53 Å². The summed E-state index contributed by atoms with van der Waals surface area (Å²) in [6.07, 6.45) is 0. The molecule has 0 fully saturated rings. The Labute approximate surface area is 138 Å². The standard InChI is InChI=1S/C14H11BrN2O4S/c15-9-3-1-2-8(6-9)14(20)21-7-11(18)17-13-10(12(16)19)4-5-22-13/h1-6H,7H2,(H2,16,19)(H,17,18). The topological polar surface area (TPSA) is 98.5 Å². The van der Waals surface area contributed by atoms with Crippen LogP contribution in [0.3, 0.4) is 0 Å². The van der Waals surface area contributed by atoms with Crippen LogP contribution < -0.4 is 11.1 Å². The fourth-order valence-electron chi connectivity index (χ4n) is 1.59. The summed E-state index contributed by atoms with van der Waals surface area (Å²) in [5.74, 6) is -1.80. The Balaban J connectivity index is 1.91. The highest BCUT2D eigenvalue weighted by Crippen LogP contribution is 2.22. The zero-order chi connectivity index (χ0) is 16.1. The molecule has 0 radical (unpaired) electrons. The first-order valence-corrected chi connectivity index (χ1v) is 7.74. The van der Waals surface area contributed by atoms with Gasteiger partial charge in [-0.1, -0.05) is 22.0 Å². The molecule has 0 aliphatic carbocycles. The van der Waals surface area contributed by atoms with Crippen LogP contribution in [0.4, 0.5) is 5.00 Å². The van der Waals surface area contributed by atoms with Crippen molar-refractivity contribution in [1.82, 2.24) is 0 Å². The number of hydrogen-bond donors (Lipinski definition) is 2.